The van der Waals surface area contributed by atoms with Crippen molar-refractivity contribution in [1.29, 1.82) is 0 Å². The predicted octanol–water partition coefficient (Wildman–Crippen LogP) is 8.36. The van der Waals surface area contributed by atoms with Gasteiger partial charge in [0.2, 0.25) is 5.91 Å². The largest absolute Gasteiger partial charge is 0.573 e. The molecule has 0 saturated heterocycles. The molecule has 4 aromatic rings. The highest BCUT2D eigenvalue weighted by Crippen LogP contribution is 2.24. The number of amides is 1. The predicted molar refractivity (Wildman–Crippen MR) is 211 cm³/mol. The maximum atomic E-state index is 12.4. The van der Waals surface area contributed by atoms with Crippen molar-refractivity contribution in [2.75, 3.05) is 0 Å². The van der Waals surface area contributed by atoms with E-state index in [-0.39, 0.29) is 55.2 Å². The summed E-state index contributed by atoms with van der Waals surface area (Å²) in [7, 11) is 0. The number of carboxylic acids is 1. The van der Waals surface area contributed by atoms with Gasteiger partial charge in [-0.3, -0.25) is 14.4 Å². The van der Waals surface area contributed by atoms with Crippen LogP contribution in [0.15, 0.2) is 109 Å². The molecular formula is C42H47ClF6N2O9. The van der Waals surface area contributed by atoms with E-state index < -0.39 is 54.2 Å². The SMILES string of the molecule is CC(C)[C@H](N)C(=O)OCc1ccccc1.CC(C)[C@H](NC(=O)Cc1cccc(OC(F)(F)F)c1)C(=O)OCc1ccccc1.Cl.O=C(O)Cc1cccc(OC(F)(F)F)c1. The monoisotopic (exact) mass is 872 g/mol. The minimum atomic E-state index is -4.81. The zero-order valence-corrected chi connectivity index (χ0v) is 33.8. The molecule has 60 heavy (non-hydrogen) atoms. The fraction of sp³-hybridized carbons (Fsp3) is 0.333. The lowest BCUT2D eigenvalue weighted by molar-refractivity contribution is -0.275. The van der Waals surface area contributed by atoms with Gasteiger partial charge >= 0.3 is 30.6 Å². The van der Waals surface area contributed by atoms with E-state index in [1.165, 1.54) is 24.3 Å². The van der Waals surface area contributed by atoms with Crippen LogP contribution in [0.3, 0.4) is 0 Å². The Kier molecular flexibility index (Phi) is 22.3. The van der Waals surface area contributed by atoms with E-state index in [9.17, 15) is 45.5 Å². The number of carbonyl (C=O) groups excluding carboxylic acids is 3. The van der Waals surface area contributed by atoms with Crippen molar-refractivity contribution < 1.29 is 69.6 Å². The molecule has 0 bridgehead atoms. The smallest absolute Gasteiger partial charge is 0.481 e. The summed E-state index contributed by atoms with van der Waals surface area (Å²) in [5, 5.41) is 11.0. The summed E-state index contributed by atoms with van der Waals surface area (Å²) in [5.74, 6) is -3.49. The zero-order valence-electron chi connectivity index (χ0n) is 33.0. The van der Waals surface area contributed by atoms with Crippen molar-refractivity contribution in [3.8, 4) is 11.5 Å². The quantitative estimate of drug-likeness (QED) is 0.0782. The van der Waals surface area contributed by atoms with Gasteiger partial charge in [0.15, 0.2) is 0 Å². The highest BCUT2D eigenvalue weighted by Gasteiger charge is 2.32. The van der Waals surface area contributed by atoms with Crippen LogP contribution in [0.2, 0.25) is 0 Å². The number of nitrogens with two attached hydrogens (primary N) is 1. The summed E-state index contributed by atoms with van der Waals surface area (Å²) in [6, 6.07) is 27.3. The molecule has 328 valence electrons. The van der Waals surface area contributed by atoms with Crippen LogP contribution >= 0.6 is 12.4 Å². The lowest BCUT2D eigenvalue weighted by Crippen LogP contribution is -2.45. The number of hydrogen-bond acceptors (Lipinski definition) is 9. The highest BCUT2D eigenvalue weighted by molar-refractivity contribution is 5.86. The summed E-state index contributed by atoms with van der Waals surface area (Å²) in [5.41, 5.74) is 8.02. The molecule has 2 atom stereocenters. The van der Waals surface area contributed by atoms with Gasteiger partial charge in [-0.05, 0) is 58.4 Å². The Hall–Kier alpha value is -5.81. The second kappa shape index (κ2) is 25.6. The maximum absolute atomic E-state index is 12.4. The molecule has 0 aliphatic rings. The van der Waals surface area contributed by atoms with Crippen LogP contribution in [-0.2, 0) is 54.7 Å². The summed E-state index contributed by atoms with van der Waals surface area (Å²) < 4.78 is 90.2. The summed E-state index contributed by atoms with van der Waals surface area (Å²) in [4.78, 5) is 46.4. The van der Waals surface area contributed by atoms with Crippen LogP contribution in [0.5, 0.6) is 11.5 Å². The third-order valence-electron chi connectivity index (χ3n) is 7.66. The van der Waals surface area contributed by atoms with Crippen molar-refractivity contribution in [2.45, 2.75) is 78.6 Å². The average Bonchev–Trinajstić information content (AvgIpc) is 3.14. The third-order valence-corrected chi connectivity index (χ3v) is 7.66. The molecule has 0 aliphatic heterocycles. The van der Waals surface area contributed by atoms with Crippen molar-refractivity contribution in [2.24, 2.45) is 17.6 Å². The lowest BCUT2D eigenvalue weighted by Gasteiger charge is -2.21. The minimum absolute atomic E-state index is 0. The second-order valence-electron chi connectivity index (χ2n) is 13.4. The summed E-state index contributed by atoms with van der Waals surface area (Å²) >= 11 is 0. The van der Waals surface area contributed by atoms with Gasteiger partial charge in [0, 0.05) is 0 Å². The molecule has 0 saturated carbocycles. The van der Waals surface area contributed by atoms with Crippen LogP contribution in [0.1, 0.15) is 49.9 Å². The zero-order chi connectivity index (χ0) is 44.2. The topological polar surface area (TPSA) is 163 Å². The first-order valence-electron chi connectivity index (χ1n) is 18.0. The van der Waals surface area contributed by atoms with Gasteiger partial charge in [0.05, 0.1) is 12.8 Å². The Morgan fingerprint density at radius 1 is 0.600 bits per heavy atom. The molecule has 0 fully saturated rings. The number of benzene rings is 4. The number of esters is 2. The first-order chi connectivity index (χ1) is 27.6. The van der Waals surface area contributed by atoms with Crippen LogP contribution in [0.4, 0.5) is 26.3 Å². The van der Waals surface area contributed by atoms with Gasteiger partial charge in [0.25, 0.3) is 0 Å². The van der Waals surface area contributed by atoms with Crippen molar-refractivity contribution >= 4 is 36.2 Å². The summed E-state index contributed by atoms with van der Waals surface area (Å²) in [6.07, 6.45) is -10.1. The van der Waals surface area contributed by atoms with Crippen LogP contribution in [0, 0.1) is 11.8 Å². The molecule has 0 unspecified atom stereocenters. The first-order valence-corrected chi connectivity index (χ1v) is 18.0. The van der Waals surface area contributed by atoms with Gasteiger partial charge < -0.3 is 35.1 Å². The van der Waals surface area contributed by atoms with E-state index in [4.69, 9.17) is 20.3 Å². The molecule has 4 aromatic carbocycles. The third kappa shape index (κ3) is 22.4. The number of nitrogens with one attached hydrogen (secondary N) is 1. The van der Waals surface area contributed by atoms with E-state index in [0.29, 0.717) is 12.2 Å². The molecule has 4 rings (SSSR count). The van der Waals surface area contributed by atoms with Gasteiger partial charge in [0.1, 0.15) is 36.8 Å². The number of carbonyl (C=O) groups is 4. The molecule has 4 N–H and O–H groups in total. The molecule has 0 spiro atoms. The number of hydrogen-bond donors (Lipinski definition) is 3. The van der Waals surface area contributed by atoms with E-state index in [0.717, 1.165) is 35.4 Å². The van der Waals surface area contributed by atoms with Crippen LogP contribution in [0.25, 0.3) is 0 Å². The van der Waals surface area contributed by atoms with Gasteiger partial charge in [-0.25, -0.2) is 4.79 Å². The highest BCUT2D eigenvalue weighted by atomic mass is 35.5. The number of rotatable bonds is 15. The fourth-order valence-electron chi connectivity index (χ4n) is 4.70. The molecular weight excluding hydrogens is 826 g/mol. The molecule has 18 heteroatoms. The number of halogens is 7. The first kappa shape index (κ1) is 52.2. The van der Waals surface area contributed by atoms with Gasteiger partial charge in [-0.15, -0.1) is 38.7 Å². The Bertz CT molecular complexity index is 1920. The lowest BCUT2D eigenvalue weighted by atomic mass is 10.0. The molecule has 0 radical (unpaired) electrons. The van der Waals surface area contributed by atoms with Gasteiger partial charge in [-0.2, -0.15) is 0 Å². The Labute approximate surface area is 349 Å². The normalized spacial score (nSPS) is 11.9. The second-order valence-corrected chi connectivity index (χ2v) is 13.4. The molecule has 0 aromatic heterocycles. The standard InChI is InChI=1S/C21H22F3NO4.C12H17NO2.C9H7F3O3.ClH/c1-14(2)19(20(27)28-13-15-7-4-3-5-8-15)25-18(26)12-16-9-6-10-17(11-16)29-21(22,23)24;1-9(2)11(13)12(14)15-8-10-6-4-3-5-7-10;10-9(11,12)15-7-3-1-2-6(4-7)5-8(13)14;/h3-11,14,19H,12-13H2,1-2H3,(H,25,26);3-7,9,11H,8,13H2,1-2H3;1-4H,5H2,(H,13,14);1H/t19-;11-;;/m00../s1. The Morgan fingerprint density at radius 3 is 1.38 bits per heavy atom. The number of alkyl halides is 6. The molecule has 1 amide bonds. The molecule has 0 aliphatic carbocycles. The van der Waals surface area contributed by atoms with Gasteiger partial charge in [-0.1, -0.05) is 113 Å². The molecule has 11 nitrogen and oxygen atoms in total. The molecule has 0 heterocycles. The van der Waals surface area contributed by atoms with E-state index >= 15 is 0 Å². The number of ether oxygens (including phenoxy) is 4. The minimum Gasteiger partial charge on any atom is -0.481 e. The fourth-order valence-corrected chi connectivity index (χ4v) is 4.70. The van der Waals surface area contributed by atoms with Crippen molar-refractivity contribution in [1.82, 2.24) is 5.32 Å². The van der Waals surface area contributed by atoms with Crippen LogP contribution < -0.4 is 20.5 Å². The Balaban J connectivity index is 0.000000490. The van der Waals surface area contributed by atoms with Crippen LogP contribution in [-0.4, -0.2) is 53.7 Å². The average molecular weight is 873 g/mol. The number of aliphatic carboxylic acids is 1. The van der Waals surface area contributed by atoms with Crippen molar-refractivity contribution in [3.05, 3.63) is 131 Å². The summed E-state index contributed by atoms with van der Waals surface area (Å²) in [6.45, 7) is 7.68. The Morgan fingerprint density at radius 2 is 1.00 bits per heavy atom. The van der Waals surface area contributed by atoms with E-state index in [2.05, 4.69) is 14.8 Å². The maximum Gasteiger partial charge on any atom is 0.573 e. The van der Waals surface area contributed by atoms with E-state index in [1.54, 1.807) is 13.8 Å². The van der Waals surface area contributed by atoms with E-state index in [1.807, 2.05) is 74.5 Å². The number of carboxylic acid groups (broad SMARTS) is 1. The van der Waals surface area contributed by atoms with Crippen molar-refractivity contribution in [3.63, 3.8) is 0 Å².